The number of hydrogen-bond donors (Lipinski definition) is 1. The number of nitrogens with zero attached hydrogens (tertiary/aromatic N) is 3. The summed E-state index contributed by atoms with van der Waals surface area (Å²) < 4.78 is 25.6. The Bertz CT molecular complexity index is 1370. The fourth-order valence-corrected chi connectivity index (χ4v) is 5.79. The van der Waals surface area contributed by atoms with Gasteiger partial charge in [-0.15, -0.1) is 0 Å². The molecule has 1 saturated heterocycles. The van der Waals surface area contributed by atoms with E-state index in [4.69, 9.17) is 12.2 Å². The van der Waals surface area contributed by atoms with E-state index in [0.29, 0.717) is 9.87 Å². The first-order chi connectivity index (χ1) is 15.6. The maximum Gasteiger partial charge on any atom is 0.285 e. The van der Waals surface area contributed by atoms with E-state index < -0.39 is 39.2 Å². The van der Waals surface area contributed by atoms with E-state index >= 15 is 0 Å². The number of carbonyl (C=O) groups is 3. The minimum absolute atomic E-state index is 0.0135. The predicted molar refractivity (Wildman–Crippen MR) is 121 cm³/mol. The Kier molecular flexibility index (Phi) is 5.73. The van der Waals surface area contributed by atoms with Gasteiger partial charge in [0.15, 0.2) is 4.32 Å². The number of thiocarbonyl (C=S) groups is 1. The van der Waals surface area contributed by atoms with Crippen LogP contribution in [0.1, 0.15) is 15.9 Å². The summed E-state index contributed by atoms with van der Waals surface area (Å²) >= 11 is 6.00. The number of thioether (sulfide) groups is 1. The molecule has 2 aromatic carbocycles. The maximum absolute atomic E-state index is 12.7. The molecule has 14 heteroatoms. The van der Waals surface area contributed by atoms with Crippen LogP contribution in [-0.2, 0) is 19.6 Å². The lowest BCUT2D eigenvalue weighted by molar-refractivity contribution is -0.384. The van der Waals surface area contributed by atoms with Crippen LogP contribution in [-0.4, -0.2) is 51.2 Å². The fourth-order valence-electron chi connectivity index (χ4n) is 3.09. The molecule has 1 fully saturated rings. The van der Waals surface area contributed by atoms with Crippen molar-refractivity contribution in [3.8, 4) is 0 Å². The van der Waals surface area contributed by atoms with E-state index in [1.807, 2.05) is 0 Å². The summed E-state index contributed by atoms with van der Waals surface area (Å²) in [5.41, 5.74) is 2.57. The van der Waals surface area contributed by atoms with Crippen molar-refractivity contribution < 1.29 is 27.7 Å². The number of benzene rings is 2. The first-order valence-corrected chi connectivity index (χ1v) is 11.7. The van der Waals surface area contributed by atoms with Crippen molar-refractivity contribution in [2.75, 3.05) is 6.54 Å². The van der Waals surface area contributed by atoms with Gasteiger partial charge in [-0.1, -0.05) is 23.9 Å². The predicted octanol–water partition coefficient (Wildman–Crippen LogP) is 1.67. The van der Waals surface area contributed by atoms with Crippen molar-refractivity contribution in [3.63, 3.8) is 0 Å². The SMILES string of the molecule is O=C(CN1C(=O)c2ccccc2S1(=O)=O)NN1C(=O)C(=Cc2ccc([N+](=O)[O-])cc2)SC1=S. The molecule has 11 nitrogen and oxygen atoms in total. The highest BCUT2D eigenvalue weighted by Crippen LogP contribution is 2.32. The van der Waals surface area contributed by atoms with Crippen LogP contribution in [0.5, 0.6) is 0 Å². The highest BCUT2D eigenvalue weighted by molar-refractivity contribution is 8.26. The molecule has 0 saturated carbocycles. The van der Waals surface area contributed by atoms with Gasteiger partial charge in [-0.05, 0) is 48.1 Å². The fraction of sp³-hybridized carbons (Fsp3) is 0.0526. The summed E-state index contributed by atoms with van der Waals surface area (Å²) in [6, 6.07) is 11.0. The minimum Gasteiger partial charge on any atom is -0.271 e. The van der Waals surface area contributed by atoms with Crippen LogP contribution in [0.15, 0.2) is 58.3 Å². The standard InChI is InChI=1S/C19H12N4O7S3/c24-16(10-21-17(25)13-3-1-2-4-15(13)33(21,29)30)20-22-18(26)14(32-19(22)31)9-11-5-7-12(8-6-11)23(27)28/h1-9H,10H2,(H,20,24). The Morgan fingerprint density at radius 2 is 1.79 bits per heavy atom. The second-order valence-electron chi connectivity index (χ2n) is 6.71. The van der Waals surface area contributed by atoms with Crippen molar-refractivity contribution in [2.45, 2.75) is 4.90 Å². The highest BCUT2D eigenvalue weighted by Gasteiger charge is 2.42. The highest BCUT2D eigenvalue weighted by atomic mass is 32.2. The number of nitro groups is 1. The van der Waals surface area contributed by atoms with Crippen LogP contribution in [0.3, 0.4) is 0 Å². The molecule has 1 N–H and O–H groups in total. The number of nitrogens with one attached hydrogen (secondary N) is 1. The molecule has 0 bridgehead atoms. The number of amides is 3. The Hall–Kier alpha value is -3.62. The zero-order valence-corrected chi connectivity index (χ0v) is 18.8. The van der Waals surface area contributed by atoms with E-state index in [0.717, 1.165) is 16.8 Å². The molecule has 0 atom stereocenters. The third-order valence-electron chi connectivity index (χ3n) is 4.63. The molecule has 168 valence electrons. The topological polar surface area (TPSA) is 147 Å². The normalized spacial score (nSPS) is 18.1. The van der Waals surface area contributed by atoms with Crippen molar-refractivity contribution in [2.24, 2.45) is 0 Å². The zero-order valence-electron chi connectivity index (χ0n) is 16.3. The van der Waals surface area contributed by atoms with Gasteiger partial charge in [0.1, 0.15) is 11.4 Å². The van der Waals surface area contributed by atoms with E-state index in [2.05, 4.69) is 5.43 Å². The first-order valence-electron chi connectivity index (χ1n) is 9.07. The van der Waals surface area contributed by atoms with E-state index in [1.165, 1.54) is 54.6 Å². The van der Waals surface area contributed by atoms with Gasteiger partial charge in [-0.25, -0.2) is 12.7 Å². The summed E-state index contributed by atoms with van der Waals surface area (Å²) in [4.78, 5) is 47.7. The van der Waals surface area contributed by atoms with Crippen LogP contribution < -0.4 is 5.43 Å². The monoisotopic (exact) mass is 504 g/mol. The number of hydrazine groups is 1. The lowest BCUT2D eigenvalue weighted by Gasteiger charge is -2.19. The van der Waals surface area contributed by atoms with Crippen molar-refractivity contribution in [1.29, 1.82) is 0 Å². The van der Waals surface area contributed by atoms with Crippen molar-refractivity contribution >= 4 is 67.8 Å². The molecule has 0 radical (unpaired) electrons. The number of carbonyl (C=O) groups excluding carboxylic acids is 3. The van der Waals surface area contributed by atoms with Crippen LogP contribution >= 0.6 is 24.0 Å². The van der Waals surface area contributed by atoms with Gasteiger partial charge in [-0.2, -0.15) is 5.01 Å². The lowest BCUT2D eigenvalue weighted by atomic mass is 10.2. The molecule has 0 spiro atoms. The largest absolute Gasteiger partial charge is 0.285 e. The van der Waals surface area contributed by atoms with Crippen LogP contribution in [0.4, 0.5) is 5.69 Å². The van der Waals surface area contributed by atoms with Crippen LogP contribution in [0, 0.1) is 10.1 Å². The van der Waals surface area contributed by atoms with Gasteiger partial charge in [0.05, 0.1) is 15.4 Å². The second-order valence-corrected chi connectivity index (χ2v) is 10.2. The molecule has 0 aliphatic carbocycles. The van der Waals surface area contributed by atoms with E-state index in [-0.39, 0.29) is 25.4 Å². The molecule has 3 amide bonds. The third-order valence-corrected chi connectivity index (χ3v) is 7.72. The molecule has 0 unspecified atom stereocenters. The third kappa shape index (κ3) is 4.10. The number of nitro benzene ring substituents is 1. The number of sulfonamides is 1. The molecule has 4 rings (SSSR count). The van der Waals surface area contributed by atoms with Gasteiger partial charge >= 0.3 is 0 Å². The van der Waals surface area contributed by atoms with Crippen LogP contribution in [0.25, 0.3) is 6.08 Å². The van der Waals surface area contributed by atoms with Crippen molar-refractivity contribution in [1.82, 2.24) is 14.7 Å². The number of fused-ring (bicyclic) bond motifs is 1. The van der Waals surface area contributed by atoms with Gasteiger partial charge in [0.2, 0.25) is 0 Å². The van der Waals surface area contributed by atoms with Crippen molar-refractivity contribution in [3.05, 3.63) is 74.7 Å². The first kappa shape index (κ1) is 22.6. The molecule has 2 aliphatic rings. The molecule has 2 heterocycles. The number of hydrogen-bond acceptors (Lipinski definition) is 9. The molecular weight excluding hydrogens is 492 g/mol. The molecule has 2 aromatic rings. The number of rotatable bonds is 5. The lowest BCUT2D eigenvalue weighted by Crippen LogP contribution is -2.49. The smallest absolute Gasteiger partial charge is 0.271 e. The molecule has 33 heavy (non-hydrogen) atoms. The Labute approximate surface area is 196 Å². The quantitative estimate of drug-likeness (QED) is 0.278. The second kappa shape index (κ2) is 8.38. The zero-order chi connectivity index (χ0) is 23.9. The summed E-state index contributed by atoms with van der Waals surface area (Å²) in [5, 5.41) is 11.5. The molecular formula is C19H12N4O7S3. The Balaban J connectivity index is 1.47. The average Bonchev–Trinajstić information content (AvgIpc) is 3.14. The average molecular weight is 505 g/mol. The Morgan fingerprint density at radius 3 is 2.42 bits per heavy atom. The van der Waals surface area contributed by atoms with Gasteiger partial charge < -0.3 is 0 Å². The maximum atomic E-state index is 12.7. The van der Waals surface area contributed by atoms with Gasteiger partial charge in [0.25, 0.3) is 33.4 Å². The number of non-ortho nitro benzene ring substituents is 1. The molecule has 2 aliphatic heterocycles. The van der Waals surface area contributed by atoms with Gasteiger partial charge in [0, 0.05) is 12.1 Å². The summed E-state index contributed by atoms with van der Waals surface area (Å²) in [6.45, 7) is -0.839. The Morgan fingerprint density at radius 1 is 1.12 bits per heavy atom. The van der Waals surface area contributed by atoms with Crippen LogP contribution in [0.2, 0.25) is 0 Å². The van der Waals surface area contributed by atoms with E-state index in [9.17, 15) is 32.9 Å². The minimum atomic E-state index is -4.19. The van der Waals surface area contributed by atoms with Gasteiger partial charge in [-0.3, -0.25) is 29.9 Å². The van der Waals surface area contributed by atoms with E-state index in [1.54, 1.807) is 0 Å². The molecule has 0 aromatic heterocycles. The summed E-state index contributed by atoms with van der Waals surface area (Å²) in [6.07, 6.45) is 1.44. The summed E-state index contributed by atoms with van der Waals surface area (Å²) in [7, 11) is -4.19. The summed E-state index contributed by atoms with van der Waals surface area (Å²) in [5.74, 6) is -2.45.